The summed E-state index contributed by atoms with van der Waals surface area (Å²) in [5.41, 5.74) is 5.18. The molecule has 1 aliphatic rings. The van der Waals surface area contributed by atoms with E-state index in [0.717, 1.165) is 25.9 Å². The number of hydrogen-bond acceptors (Lipinski definition) is 3. The monoisotopic (exact) mass is 227 g/mol. The number of carbonyl (C=O) groups excluding carboxylic acids is 1. The minimum atomic E-state index is -0.217. The maximum Gasteiger partial charge on any atom is 0.231 e. The predicted molar refractivity (Wildman–Crippen MR) is 66.2 cm³/mol. The first kappa shape index (κ1) is 13.5. The van der Waals surface area contributed by atoms with Crippen molar-refractivity contribution in [2.45, 2.75) is 51.6 Å². The Morgan fingerprint density at radius 1 is 1.50 bits per heavy atom. The van der Waals surface area contributed by atoms with Gasteiger partial charge in [-0.1, -0.05) is 13.3 Å². The quantitative estimate of drug-likeness (QED) is 0.703. The number of piperidine rings is 1. The Hall–Kier alpha value is -0.610. The Bertz CT molecular complexity index is 212. The molecule has 1 rings (SSSR count). The lowest BCUT2D eigenvalue weighted by atomic mass is 10.0. The Kier molecular flexibility index (Phi) is 5.77. The van der Waals surface area contributed by atoms with E-state index in [1.807, 2.05) is 0 Å². The molecule has 1 unspecified atom stereocenters. The van der Waals surface area contributed by atoms with Crippen LogP contribution < -0.4 is 11.1 Å². The second-order valence-electron chi connectivity index (χ2n) is 4.87. The van der Waals surface area contributed by atoms with Crippen LogP contribution in [0.15, 0.2) is 0 Å². The summed E-state index contributed by atoms with van der Waals surface area (Å²) in [5, 5.41) is 3.65. The molecule has 1 aliphatic heterocycles. The fourth-order valence-corrected chi connectivity index (χ4v) is 2.40. The van der Waals surface area contributed by atoms with Gasteiger partial charge in [0.2, 0.25) is 5.91 Å². The average molecular weight is 227 g/mol. The fourth-order valence-electron chi connectivity index (χ4n) is 2.40. The molecule has 0 saturated carbocycles. The van der Waals surface area contributed by atoms with Gasteiger partial charge in [0.15, 0.2) is 0 Å². The maximum atomic E-state index is 10.8. The first-order valence-corrected chi connectivity index (χ1v) is 6.38. The number of hydrogen-bond donors (Lipinski definition) is 2. The van der Waals surface area contributed by atoms with Crippen molar-refractivity contribution in [3.8, 4) is 0 Å². The Labute approximate surface area is 98.6 Å². The molecule has 16 heavy (non-hydrogen) atoms. The van der Waals surface area contributed by atoms with Crippen molar-refractivity contribution in [1.82, 2.24) is 10.2 Å². The lowest BCUT2D eigenvalue weighted by molar-refractivity contribution is -0.119. The molecule has 0 aromatic carbocycles. The van der Waals surface area contributed by atoms with Crippen LogP contribution in [-0.2, 0) is 4.79 Å². The zero-order valence-corrected chi connectivity index (χ0v) is 10.5. The summed E-state index contributed by atoms with van der Waals surface area (Å²) in [6.07, 6.45) is 4.72. The van der Waals surface area contributed by atoms with Crippen molar-refractivity contribution < 1.29 is 4.79 Å². The molecule has 1 fully saturated rings. The summed E-state index contributed by atoms with van der Waals surface area (Å²) in [4.78, 5) is 12.9. The Morgan fingerprint density at radius 3 is 2.62 bits per heavy atom. The van der Waals surface area contributed by atoms with E-state index in [4.69, 9.17) is 5.73 Å². The molecule has 1 saturated heterocycles. The molecular formula is C12H25N3O. The molecule has 0 radical (unpaired) electrons. The zero-order valence-electron chi connectivity index (χ0n) is 10.5. The number of carbonyl (C=O) groups is 1. The third-order valence-corrected chi connectivity index (χ3v) is 3.21. The highest BCUT2D eigenvalue weighted by Crippen LogP contribution is 2.11. The standard InChI is InChI=1S/C12H25N3O/c1-3-4-10(2)14-11-5-7-15(8-6-11)9-12(13)16/h10-11,14H,3-9H2,1-2H3,(H2,13,16). The van der Waals surface area contributed by atoms with Crippen molar-refractivity contribution in [2.75, 3.05) is 19.6 Å². The van der Waals surface area contributed by atoms with E-state index in [1.54, 1.807) is 0 Å². The third-order valence-electron chi connectivity index (χ3n) is 3.21. The van der Waals surface area contributed by atoms with E-state index in [2.05, 4.69) is 24.1 Å². The van der Waals surface area contributed by atoms with Gasteiger partial charge < -0.3 is 11.1 Å². The lowest BCUT2D eigenvalue weighted by Gasteiger charge is -2.33. The van der Waals surface area contributed by atoms with Crippen LogP contribution in [0.1, 0.15) is 39.5 Å². The predicted octanol–water partition coefficient (Wildman–Crippen LogP) is 0.714. The summed E-state index contributed by atoms with van der Waals surface area (Å²) < 4.78 is 0. The number of nitrogens with one attached hydrogen (secondary N) is 1. The maximum absolute atomic E-state index is 10.8. The smallest absolute Gasteiger partial charge is 0.231 e. The summed E-state index contributed by atoms with van der Waals surface area (Å²) in [6, 6.07) is 1.23. The molecule has 0 aromatic heterocycles. The van der Waals surface area contributed by atoms with Gasteiger partial charge in [-0.25, -0.2) is 0 Å². The van der Waals surface area contributed by atoms with Crippen LogP contribution in [0, 0.1) is 0 Å². The van der Waals surface area contributed by atoms with Crippen molar-refractivity contribution >= 4 is 5.91 Å². The Morgan fingerprint density at radius 2 is 2.12 bits per heavy atom. The van der Waals surface area contributed by atoms with Crippen LogP contribution in [0.5, 0.6) is 0 Å². The van der Waals surface area contributed by atoms with Gasteiger partial charge in [-0.15, -0.1) is 0 Å². The second kappa shape index (κ2) is 6.86. The van der Waals surface area contributed by atoms with Gasteiger partial charge in [0.25, 0.3) is 0 Å². The molecule has 1 amide bonds. The first-order valence-electron chi connectivity index (χ1n) is 6.38. The van der Waals surface area contributed by atoms with E-state index in [0.29, 0.717) is 18.6 Å². The van der Waals surface area contributed by atoms with Gasteiger partial charge >= 0.3 is 0 Å². The normalized spacial score (nSPS) is 20.9. The van der Waals surface area contributed by atoms with Crippen molar-refractivity contribution in [2.24, 2.45) is 5.73 Å². The van der Waals surface area contributed by atoms with Gasteiger partial charge in [-0.3, -0.25) is 9.69 Å². The van der Waals surface area contributed by atoms with E-state index >= 15 is 0 Å². The van der Waals surface area contributed by atoms with E-state index < -0.39 is 0 Å². The minimum Gasteiger partial charge on any atom is -0.369 e. The number of nitrogens with zero attached hydrogens (tertiary/aromatic N) is 1. The molecule has 1 atom stereocenters. The summed E-state index contributed by atoms with van der Waals surface area (Å²) in [7, 11) is 0. The van der Waals surface area contributed by atoms with Gasteiger partial charge in [0, 0.05) is 25.2 Å². The molecule has 0 spiro atoms. The fraction of sp³-hybridized carbons (Fsp3) is 0.917. The molecule has 94 valence electrons. The van der Waals surface area contributed by atoms with Gasteiger partial charge in [-0.2, -0.15) is 0 Å². The molecule has 0 aromatic rings. The number of amides is 1. The average Bonchev–Trinajstić information content (AvgIpc) is 2.20. The molecule has 1 heterocycles. The van der Waals surface area contributed by atoms with E-state index in [1.165, 1.54) is 12.8 Å². The second-order valence-corrected chi connectivity index (χ2v) is 4.87. The van der Waals surface area contributed by atoms with Crippen LogP contribution in [-0.4, -0.2) is 42.5 Å². The highest BCUT2D eigenvalue weighted by atomic mass is 16.1. The molecule has 0 bridgehead atoms. The van der Waals surface area contributed by atoms with Crippen molar-refractivity contribution in [1.29, 1.82) is 0 Å². The van der Waals surface area contributed by atoms with E-state index in [-0.39, 0.29) is 5.91 Å². The van der Waals surface area contributed by atoms with Crippen molar-refractivity contribution in [3.63, 3.8) is 0 Å². The van der Waals surface area contributed by atoms with Crippen LogP contribution in [0.3, 0.4) is 0 Å². The molecule has 0 aliphatic carbocycles. The van der Waals surface area contributed by atoms with Crippen LogP contribution >= 0.6 is 0 Å². The third kappa shape index (κ3) is 4.94. The van der Waals surface area contributed by atoms with Gasteiger partial charge in [0.05, 0.1) is 6.54 Å². The highest BCUT2D eigenvalue weighted by molar-refractivity contribution is 5.75. The summed E-state index contributed by atoms with van der Waals surface area (Å²) in [5.74, 6) is -0.217. The number of likely N-dealkylation sites (tertiary alicyclic amines) is 1. The van der Waals surface area contributed by atoms with Gasteiger partial charge in [0.1, 0.15) is 0 Å². The van der Waals surface area contributed by atoms with Gasteiger partial charge in [-0.05, 0) is 26.2 Å². The number of nitrogens with two attached hydrogens (primary N) is 1. The summed E-state index contributed by atoms with van der Waals surface area (Å²) in [6.45, 7) is 6.85. The Balaban J connectivity index is 2.18. The molecular weight excluding hydrogens is 202 g/mol. The van der Waals surface area contributed by atoms with Crippen molar-refractivity contribution in [3.05, 3.63) is 0 Å². The van der Waals surface area contributed by atoms with E-state index in [9.17, 15) is 4.79 Å². The lowest BCUT2D eigenvalue weighted by Crippen LogP contribution is -2.47. The van der Waals surface area contributed by atoms with Crippen LogP contribution in [0.4, 0.5) is 0 Å². The number of primary amides is 1. The minimum absolute atomic E-state index is 0.217. The highest BCUT2D eigenvalue weighted by Gasteiger charge is 2.20. The SMILES string of the molecule is CCCC(C)NC1CCN(CC(N)=O)CC1. The topological polar surface area (TPSA) is 58.4 Å². The molecule has 3 N–H and O–H groups in total. The zero-order chi connectivity index (χ0) is 12.0. The van der Waals surface area contributed by atoms with Crippen LogP contribution in [0.25, 0.3) is 0 Å². The summed E-state index contributed by atoms with van der Waals surface area (Å²) >= 11 is 0. The van der Waals surface area contributed by atoms with Crippen LogP contribution in [0.2, 0.25) is 0 Å². The first-order chi connectivity index (χ1) is 7.61. The molecule has 4 heteroatoms. The largest absolute Gasteiger partial charge is 0.369 e. The molecule has 4 nitrogen and oxygen atoms in total. The number of rotatable bonds is 6.